The number of ether oxygens (including phenoxy) is 1. The maximum atomic E-state index is 5.66. The highest BCUT2D eigenvalue weighted by Crippen LogP contribution is 2.19. The molecule has 0 aromatic carbocycles. The largest absolute Gasteiger partial charge is 0.371 e. The Morgan fingerprint density at radius 2 is 1.75 bits per heavy atom. The predicted molar refractivity (Wildman–Crippen MR) is 64.1 cm³/mol. The van der Waals surface area contributed by atoms with Crippen LogP contribution in [0.1, 0.15) is 49.1 Å². The molecule has 1 aromatic rings. The van der Waals surface area contributed by atoms with Crippen molar-refractivity contribution in [3.05, 3.63) is 22.8 Å². The summed E-state index contributed by atoms with van der Waals surface area (Å²) >= 11 is 0. The lowest BCUT2D eigenvalue weighted by molar-refractivity contribution is 0.0532. The summed E-state index contributed by atoms with van der Waals surface area (Å²) in [6, 6.07) is 0. The van der Waals surface area contributed by atoms with E-state index in [9.17, 15) is 0 Å². The van der Waals surface area contributed by atoms with Crippen LogP contribution in [0.2, 0.25) is 0 Å². The van der Waals surface area contributed by atoms with E-state index in [1.165, 1.54) is 0 Å². The third-order valence-electron chi connectivity index (χ3n) is 2.67. The summed E-state index contributed by atoms with van der Waals surface area (Å²) in [5.41, 5.74) is 8.62. The van der Waals surface area contributed by atoms with E-state index in [2.05, 4.69) is 16.9 Å². The fourth-order valence-electron chi connectivity index (χ4n) is 1.78. The molecule has 1 heterocycles. The standard InChI is InChI=1S/C12H21N3O/c1-5-11(16-6-2)12-14-8(3)10(7-13)9(4)15-12/h11H,5-7,13H2,1-4H3. The summed E-state index contributed by atoms with van der Waals surface area (Å²) in [5.74, 6) is 0.775. The van der Waals surface area contributed by atoms with Gasteiger partial charge in [0.2, 0.25) is 0 Å². The Morgan fingerprint density at radius 1 is 1.19 bits per heavy atom. The summed E-state index contributed by atoms with van der Waals surface area (Å²) < 4.78 is 5.60. The number of aromatic nitrogens is 2. The highest BCUT2D eigenvalue weighted by Gasteiger charge is 2.15. The molecule has 1 atom stereocenters. The van der Waals surface area contributed by atoms with Gasteiger partial charge in [-0.2, -0.15) is 0 Å². The van der Waals surface area contributed by atoms with Crippen molar-refractivity contribution in [2.75, 3.05) is 6.61 Å². The molecule has 0 bridgehead atoms. The molecule has 0 amide bonds. The van der Waals surface area contributed by atoms with Crippen LogP contribution in [0.3, 0.4) is 0 Å². The van der Waals surface area contributed by atoms with Crippen molar-refractivity contribution in [2.45, 2.75) is 46.8 Å². The van der Waals surface area contributed by atoms with Gasteiger partial charge in [-0.1, -0.05) is 6.92 Å². The lowest BCUT2D eigenvalue weighted by Gasteiger charge is -2.16. The van der Waals surface area contributed by atoms with Gasteiger partial charge in [-0.3, -0.25) is 0 Å². The van der Waals surface area contributed by atoms with E-state index in [1.54, 1.807) is 0 Å². The summed E-state index contributed by atoms with van der Waals surface area (Å²) in [7, 11) is 0. The summed E-state index contributed by atoms with van der Waals surface area (Å²) in [4.78, 5) is 8.96. The quantitative estimate of drug-likeness (QED) is 0.829. The van der Waals surface area contributed by atoms with E-state index in [1.807, 2.05) is 20.8 Å². The minimum atomic E-state index is -0.00535. The highest BCUT2D eigenvalue weighted by atomic mass is 16.5. The van der Waals surface area contributed by atoms with Gasteiger partial charge in [0.1, 0.15) is 6.10 Å². The van der Waals surface area contributed by atoms with Gasteiger partial charge in [0.05, 0.1) is 0 Å². The molecule has 0 radical (unpaired) electrons. The van der Waals surface area contributed by atoms with E-state index < -0.39 is 0 Å². The number of rotatable bonds is 5. The topological polar surface area (TPSA) is 61.0 Å². The predicted octanol–water partition coefficient (Wildman–Crippen LogP) is 2.04. The molecule has 16 heavy (non-hydrogen) atoms. The van der Waals surface area contributed by atoms with Crippen LogP contribution in [-0.2, 0) is 11.3 Å². The molecule has 2 N–H and O–H groups in total. The fourth-order valence-corrected chi connectivity index (χ4v) is 1.78. The van der Waals surface area contributed by atoms with Crippen molar-refractivity contribution in [3.8, 4) is 0 Å². The zero-order valence-electron chi connectivity index (χ0n) is 10.6. The molecule has 4 heteroatoms. The average Bonchev–Trinajstić information content (AvgIpc) is 2.25. The zero-order chi connectivity index (χ0) is 12.1. The van der Waals surface area contributed by atoms with Crippen LogP contribution in [0.15, 0.2) is 0 Å². The maximum Gasteiger partial charge on any atom is 0.157 e. The molecule has 0 spiro atoms. The van der Waals surface area contributed by atoms with Gasteiger partial charge in [-0.15, -0.1) is 0 Å². The lowest BCUT2D eigenvalue weighted by atomic mass is 10.1. The average molecular weight is 223 g/mol. The summed E-state index contributed by atoms with van der Waals surface area (Å²) in [5, 5.41) is 0. The Morgan fingerprint density at radius 3 is 2.12 bits per heavy atom. The van der Waals surface area contributed by atoms with Crippen LogP contribution in [0.5, 0.6) is 0 Å². The Bertz CT molecular complexity index is 329. The molecule has 90 valence electrons. The van der Waals surface area contributed by atoms with E-state index in [0.29, 0.717) is 13.2 Å². The van der Waals surface area contributed by atoms with Crippen molar-refractivity contribution in [2.24, 2.45) is 5.73 Å². The Balaban J connectivity index is 3.06. The third kappa shape index (κ3) is 2.77. The highest BCUT2D eigenvalue weighted by molar-refractivity contribution is 5.24. The van der Waals surface area contributed by atoms with Gasteiger partial charge in [0.25, 0.3) is 0 Å². The smallest absolute Gasteiger partial charge is 0.157 e. The first-order valence-electron chi connectivity index (χ1n) is 5.79. The van der Waals surface area contributed by atoms with Gasteiger partial charge in [-0.25, -0.2) is 9.97 Å². The van der Waals surface area contributed by atoms with Crippen LogP contribution >= 0.6 is 0 Å². The Labute approximate surface area is 97.2 Å². The second-order valence-electron chi connectivity index (χ2n) is 3.79. The summed E-state index contributed by atoms with van der Waals surface area (Å²) in [6.07, 6.45) is 0.878. The molecule has 0 saturated heterocycles. The zero-order valence-corrected chi connectivity index (χ0v) is 10.6. The van der Waals surface area contributed by atoms with Gasteiger partial charge >= 0.3 is 0 Å². The van der Waals surface area contributed by atoms with Gasteiger partial charge in [0, 0.05) is 30.1 Å². The lowest BCUT2D eigenvalue weighted by Crippen LogP contribution is -2.13. The van der Waals surface area contributed by atoms with Crippen molar-refractivity contribution >= 4 is 0 Å². The first kappa shape index (κ1) is 13.1. The van der Waals surface area contributed by atoms with E-state index in [-0.39, 0.29) is 6.10 Å². The SMILES string of the molecule is CCOC(CC)c1nc(C)c(CN)c(C)n1. The first-order valence-corrected chi connectivity index (χ1v) is 5.79. The monoisotopic (exact) mass is 223 g/mol. The number of hydrogen-bond donors (Lipinski definition) is 1. The molecule has 1 aromatic heterocycles. The van der Waals surface area contributed by atoms with Gasteiger partial charge < -0.3 is 10.5 Å². The van der Waals surface area contributed by atoms with Crippen LogP contribution in [0, 0.1) is 13.8 Å². The maximum absolute atomic E-state index is 5.66. The molecular formula is C12H21N3O. The molecule has 0 saturated carbocycles. The molecular weight excluding hydrogens is 202 g/mol. The van der Waals surface area contributed by atoms with Crippen molar-refractivity contribution < 1.29 is 4.74 Å². The number of hydrogen-bond acceptors (Lipinski definition) is 4. The molecule has 0 aliphatic carbocycles. The first-order chi connectivity index (χ1) is 7.63. The molecule has 0 aliphatic rings. The second-order valence-corrected chi connectivity index (χ2v) is 3.79. The van der Waals surface area contributed by atoms with Gasteiger partial charge in [-0.05, 0) is 27.2 Å². The molecule has 1 unspecified atom stereocenters. The van der Waals surface area contributed by atoms with Crippen LogP contribution in [0.25, 0.3) is 0 Å². The van der Waals surface area contributed by atoms with Gasteiger partial charge in [0.15, 0.2) is 5.82 Å². The number of nitrogens with two attached hydrogens (primary N) is 1. The molecule has 0 aliphatic heterocycles. The number of aryl methyl sites for hydroxylation is 2. The minimum absolute atomic E-state index is 0.00535. The van der Waals surface area contributed by atoms with Crippen molar-refractivity contribution in [1.29, 1.82) is 0 Å². The van der Waals surface area contributed by atoms with Crippen LogP contribution in [-0.4, -0.2) is 16.6 Å². The Hall–Kier alpha value is -1.00. The van der Waals surface area contributed by atoms with Crippen molar-refractivity contribution in [1.82, 2.24) is 9.97 Å². The Kier molecular flexibility index (Phi) is 4.83. The minimum Gasteiger partial charge on any atom is -0.371 e. The number of nitrogens with zero attached hydrogens (tertiary/aromatic N) is 2. The van der Waals surface area contributed by atoms with Crippen LogP contribution in [0.4, 0.5) is 0 Å². The van der Waals surface area contributed by atoms with E-state index >= 15 is 0 Å². The van der Waals surface area contributed by atoms with Crippen molar-refractivity contribution in [3.63, 3.8) is 0 Å². The molecule has 1 rings (SSSR count). The normalized spacial score (nSPS) is 12.8. The second kappa shape index (κ2) is 5.92. The summed E-state index contributed by atoms with van der Waals surface area (Å²) in [6.45, 7) is 9.17. The molecule has 4 nitrogen and oxygen atoms in total. The van der Waals surface area contributed by atoms with E-state index in [0.717, 1.165) is 29.2 Å². The third-order valence-corrected chi connectivity index (χ3v) is 2.67. The van der Waals surface area contributed by atoms with Crippen LogP contribution < -0.4 is 5.73 Å². The fraction of sp³-hybridized carbons (Fsp3) is 0.667. The van der Waals surface area contributed by atoms with E-state index in [4.69, 9.17) is 10.5 Å². The molecule has 0 fully saturated rings.